The fourth-order valence-corrected chi connectivity index (χ4v) is 0.205. The maximum Gasteiger partial charge on any atom is 0.0529 e. The van der Waals surface area contributed by atoms with Crippen molar-refractivity contribution in [3.63, 3.8) is 0 Å². The third kappa shape index (κ3) is 2.62. The summed E-state index contributed by atoms with van der Waals surface area (Å²) in [4.78, 5) is 0. The van der Waals surface area contributed by atoms with Crippen molar-refractivity contribution < 1.29 is 27.7 Å². The van der Waals surface area contributed by atoms with E-state index in [1.807, 2.05) is 0 Å². The molecule has 0 aromatic carbocycles. The average Bonchev–Trinajstić information content (AvgIpc) is 1.72. The van der Waals surface area contributed by atoms with E-state index in [1.165, 1.54) is 0 Å². The molecule has 0 aliphatic rings. The Hall–Kier alpha value is -0.0549. The quantitative estimate of drug-likeness (QED) is 0.622. The van der Waals surface area contributed by atoms with Gasteiger partial charge in [0.15, 0.2) is 0 Å². The summed E-state index contributed by atoms with van der Waals surface area (Å²) in [5.74, 6) is 0. The average molecular weight is 282 g/mol. The van der Waals surface area contributed by atoms with Gasteiger partial charge in [0.25, 0.3) is 0 Å². The molecule has 0 spiro atoms. The van der Waals surface area contributed by atoms with E-state index in [0.29, 0.717) is 0 Å². The molecule has 0 saturated carbocycles. The SMILES string of the molecule is [Hg].c1cnnnc1. The fourth-order valence-electron chi connectivity index (χ4n) is 0.205. The van der Waals surface area contributed by atoms with E-state index in [2.05, 4.69) is 15.4 Å². The van der Waals surface area contributed by atoms with Crippen molar-refractivity contribution in [2.24, 2.45) is 0 Å². The van der Waals surface area contributed by atoms with E-state index in [9.17, 15) is 0 Å². The third-order valence-corrected chi connectivity index (χ3v) is 0.409. The summed E-state index contributed by atoms with van der Waals surface area (Å²) in [6.45, 7) is 0. The Kier molecular flexibility index (Phi) is 4.08. The summed E-state index contributed by atoms with van der Waals surface area (Å²) in [5, 5.41) is 10.1. The molecule has 0 saturated heterocycles. The van der Waals surface area contributed by atoms with Crippen molar-refractivity contribution in [3.05, 3.63) is 18.5 Å². The molecule has 0 amide bonds. The molecular formula is C3H3HgN3. The summed E-state index contributed by atoms with van der Waals surface area (Å²) in [6, 6.07) is 1.72. The second kappa shape index (κ2) is 4.11. The monoisotopic (exact) mass is 283 g/mol. The minimum absolute atomic E-state index is 0. The van der Waals surface area contributed by atoms with Gasteiger partial charge in [0.1, 0.15) is 0 Å². The number of nitrogens with zero attached hydrogens (tertiary/aromatic N) is 3. The van der Waals surface area contributed by atoms with Crippen LogP contribution in [0.2, 0.25) is 0 Å². The number of rotatable bonds is 0. The van der Waals surface area contributed by atoms with Gasteiger partial charge in [-0.2, -0.15) is 0 Å². The normalized spacial score (nSPS) is 6.86. The molecule has 7 heavy (non-hydrogen) atoms. The van der Waals surface area contributed by atoms with Crippen LogP contribution in [-0.2, 0) is 27.7 Å². The number of hydrogen-bond acceptors (Lipinski definition) is 3. The molecule has 0 N–H and O–H groups in total. The first-order valence-electron chi connectivity index (χ1n) is 1.58. The molecule has 1 aromatic heterocycles. The predicted molar refractivity (Wildman–Crippen MR) is 19.8 cm³/mol. The van der Waals surface area contributed by atoms with Crippen molar-refractivity contribution in [1.29, 1.82) is 0 Å². The van der Waals surface area contributed by atoms with Gasteiger partial charge in [0.2, 0.25) is 0 Å². The van der Waals surface area contributed by atoms with Gasteiger partial charge >= 0.3 is 0 Å². The third-order valence-electron chi connectivity index (χ3n) is 0.409. The second-order valence-corrected chi connectivity index (χ2v) is 0.811. The van der Waals surface area contributed by atoms with Crippen LogP contribution in [-0.4, -0.2) is 15.4 Å². The Morgan fingerprint density at radius 2 is 1.57 bits per heavy atom. The van der Waals surface area contributed by atoms with Crippen molar-refractivity contribution in [2.75, 3.05) is 0 Å². The fraction of sp³-hybridized carbons (Fsp3) is 0. The Labute approximate surface area is 61.7 Å². The van der Waals surface area contributed by atoms with E-state index < -0.39 is 0 Å². The molecule has 4 heteroatoms. The van der Waals surface area contributed by atoms with Gasteiger partial charge in [-0.25, -0.2) is 0 Å². The van der Waals surface area contributed by atoms with Crippen LogP contribution < -0.4 is 0 Å². The Morgan fingerprint density at radius 3 is 1.71 bits per heavy atom. The Bertz CT molecular complexity index is 82.1. The van der Waals surface area contributed by atoms with Gasteiger partial charge in [-0.15, -0.1) is 10.2 Å². The first kappa shape index (κ1) is 6.95. The van der Waals surface area contributed by atoms with Gasteiger partial charge in [0.05, 0.1) is 12.4 Å². The molecule has 0 aliphatic heterocycles. The van der Waals surface area contributed by atoms with E-state index >= 15 is 0 Å². The minimum Gasteiger partial charge on any atom is -0.139 e. The number of aromatic nitrogens is 3. The van der Waals surface area contributed by atoms with Gasteiger partial charge < -0.3 is 0 Å². The first-order valence-corrected chi connectivity index (χ1v) is 1.58. The van der Waals surface area contributed by atoms with Crippen LogP contribution in [0.15, 0.2) is 18.5 Å². The van der Waals surface area contributed by atoms with Crippen molar-refractivity contribution >= 4 is 0 Å². The molecule has 0 radical (unpaired) electrons. The zero-order valence-corrected chi connectivity index (χ0v) is 9.28. The molecule has 1 heterocycles. The van der Waals surface area contributed by atoms with Crippen molar-refractivity contribution in [2.45, 2.75) is 0 Å². The van der Waals surface area contributed by atoms with Crippen molar-refractivity contribution in [1.82, 2.24) is 15.4 Å². The summed E-state index contributed by atoms with van der Waals surface area (Å²) in [7, 11) is 0. The van der Waals surface area contributed by atoms with Crippen LogP contribution in [0.3, 0.4) is 0 Å². The molecule has 32 valence electrons. The van der Waals surface area contributed by atoms with Gasteiger partial charge in [-0.3, -0.25) is 0 Å². The molecule has 1 aromatic rings. The van der Waals surface area contributed by atoms with Gasteiger partial charge in [0, 0.05) is 27.7 Å². The summed E-state index contributed by atoms with van der Waals surface area (Å²) < 4.78 is 0. The Balaban J connectivity index is 0.000000360. The van der Waals surface area contributed by atoms with Crippen LogP contribution in [0.5, 0.6) is 0 Å². The molecular weight excluding hydrogens is 279 g/mol. The first-order chi connectivity index (χ1) is 3.00. The molecule has 0 unspecified atom stereocenters. The molecule has 0 aliphatic carbocycles. The maximum atomic E-state index is 3.42. The molecule has 3 nitrogen and oxygen atoms in total. The van der Waals surface area contributed by atoms with E-state index in [4.69, 9.17) is 0 Å². The molecule has 1 rings (SSSR count). The van der Waals surface area contributed by atoms with Crippen LogP contribution in [0.25, 0.3) is 0 Å². The zero-order valence-electron chi connectivity index (χ0n) is 3.78. The van der Waals surface area contributed by atoms with Crippen LogP contribution in [0.1, 0.15) is 0 Å². The van der Waals surface area contributed by atoms with E-state index in [1.54, 1.807) is 18.5 Å². The summed E-state index contributed by atoms with van der Waals surface area (Å²) in [6.07, 6.45) is 3.15. The smallest absolute Gasteiger partial charge is 0.0529 e. The molecule has 0 fully saturated rings. The maximum absolute atomic E-state index is 3.42. The Morgan fingerprint density at radius 1 is 1.00 bits per heavy atom. The van der Waals surface area contributed by atoms with E-state index in [0.717, 1.165) is 0 Å². The van der Waals surface area contributed by atoms with Crippen LogP contribution >= 0.6 is 0 Å². The minimum atomic E-state index is 0. The van der Waals surface area contributed by atoms with Crippen molar-refractivity contribution in [3.8, 4) is 0 Å². The van der Waals surface area contributed by atoms with Gasteiger partial charge in [-0.1, -0.05) is 0 Å². The summed E-state index contributed by atoms with van der Waals surface area (Å²) in [5.41, 5.74) is 0. The topological polar surface area (TPSA) is 38.7 Å². The van der Waals surface area contributed by atoms with Crippen LogP contribution in [0.4, 0.5) is 0 Å². The van der Waals surface area contributed by atoms with Gasteiger partial charge in [-0.05, 0) is 11.3 Å². The summed E-state index contributed by atoms with van der Waals surface area (Å²) >= 11 is 0. The number of hydrogen-bond donors (Lipinski definition) is 0. The van der Waals surface area contributed by atoms with Crippen LogP contribution in [0, 0.1) is 0 Å². The standard InChI is InChI=1S/C3H3N3.Hg/c1-2-4-6-5-3-1;/h1-3H;. The zero-order chi connectivity index (χ0) is 4.24. The second-order valence-electron chi connectivity index (χ2n) is 0.811. The molecule has 0 bridgehead atoms. The largest absolute Gasteiger partial charge is 0.139 e. The predicted octanol–water partition coefficient (Wildman–Crippen LogP) is -0.131. The van der Waals surface area contributed by atoms with E-state index in [-0.39, 0.29) is 27.7 Å². The molecule has 0 atom stereocenters.